The van der Waals surface area contributed by atoms with Gasteiger partial charge in [-0.1, -0.05) is 22.0 Å². The average molecular weight is 355 g/mol. The normalized spacial score (nSPS) is 10.3. The van der Waals surface area contributed by atoms with Crippen LogP contribution in [0.5, 0.6) is 17.2 Å². The van der Waals surface area contributed by atoms with Crippen LogP contribution in [0.4, 0.5) is 4.39 Å². The maximum atomic E-state index is 13.9. The molecule has 0 heterocycles. The molecule has 0 saturated heterocycles. The molecule has 0 fully saturated rings. The Kier molecular flexibility index (Phi) is 5.44. The molecule has 21 heavy (non-hydrogen) atoms. The molecule has 2 aromatic rings. The minimum atomic E-state index is -0.357. The van der Waals surface area contributed by atoms with E-state index >= 15 is 0 Å². The molecule has 0 aliphatic carbocycles. The summed E-state index contributed by atoms with van der Waals surface area (Å²) in [7, 11) is 3.07. The quantitative estimate of drug-likeness (QED) is 0.723. The van der Waals surface area contributed by atoms with Gasteiger partial charge in [0.2, 0.25) is 0 Å². The van der Waals surface area contributed by atoms with Gasteiger partial charge in [-0.15, -0.1) is 0 Å². The van der Waals surface area contributed by atoms with E-state index in [9.17, 15) is 4.39 Å². The molecule has 0 atom stereocenters. The molecule has 3 nitrogen and oxygen atoms in total. The molecular weight excluding hydrogens is 339 g/mol. The lowest BCUT2D eigenvalue weighted by molar-refractivity contribution is 0.279. The summed E-state index contributed by atoms with van der Waals surface area (Å²) in [5.74, 6) is 1.33. The summed E-state index contributed by atoms with van der Waals surface area (Å²) < 4.78 is 29.8. The zero-order valence-corrected chi connectivity index (χ0v) is 13.4. The number of hydrogen-bond donors (Lipinski definition) is 0. The standard InChI is InChI=1S/C16H16BrFO3/c1-19-13-5-4-12(14(18)8-13)10-21-16-7-11(9-17)3-6-15(16)20-2/h3-8H,9-10H2,1-2H3. The first-order chi connectivity index (χ1) is 10.2. The van der Waals surface area contributed by atoms with Gasteiger partial charge >= 0.3 is 0 Å². The fraction of sp³-hybridized carbons (Fsp3) is 0.250. The fourth-order valence-corrected chi connectivity index (χ4v) is 2.19. The molecule has 0 radical (unpaired) electrons. The van der Waals surface area contributed by atoms with Gasteiger partial charge in [-0.25, -0.2) is 4.39 Å². The number of hydrogen-bond acceptors (Lipinski definition) is 3. The Morgan fingerprint density at radius 1 is 1.00 bits per heavy atom. The second-order valence-corrected chi connectivity index (χ2v) is 4.93. The maximum absolute atomic E-state index is 13.9. The van der Waals surface area contributed by atoms with Crippen molar-refractivity contribution in [3.05, 3.63) is 53.3 Å². The van der Waals surface area contributed by atoms with E-state index in [0.717, 1.165) is 5.56 Å². The Balaban J connectivity index is 2.15. The molecule has 112 valence electrons. The lowest BCUT2D eigenvalue weighted by Gasteiger charge is -2.12. The van der Waals surface area contributed by atoms with E-state index in [4.69, 9.17) is 14.2 Å². The topological polar surface area (TPSA) is 27.7 Å². The van der Waals surface area contributed by atoms with E-state index in [0.29, 0.717) is 28.1 Å². The Labute approximate surface area is 131 Å². The molecule has 0 bridgehead atoms. The van der Waals surface area contributed by atoms with Crippen molar-refractivity contribution in [1.82, 2.24) is 0 Å². The third-order valence-electron chi connectivity index (χ3n) is 3.03. The highest BCUT2D eigenvalue weighted by molar-refractivity contribution is 9.08. The van der Waals surface area contributed by atoms with Crippen molar-refractivity contribution in [3.63, 3.8) is 0 Å². The van der Waals surface area contributed by atoms with E-state index < -0.39 is 0 Å². The Morgan fingerprint density at radius 3 is 2.43 bits per heavy atom. The molecule has 0 amide bonds. The number of rotatable bonds is 6. The van der Waals surface area contributed by atoms with E-state index in [1.807, 2.05) is 18.2 Å². The first-order valence-electron chi connectivity index (χ1n) is 6.36. The SMILES string of the molecule is COc1ccc(COc2cc(CBr)ccc2OC)c(F)c1. The number of halogens is 2. The maximum Gasteiger partial charge on any atom is 0.161 e. The van der Waals surface area contributed by atoms with Gasteiger partial charge in [0.15, 0.2) is 11.5 Å². The summed E-state index contributed by atoms with van der Waals surface area (Å²) in [6, 6.07) is 10.3. The molecule has 0 aliphatic heterocycles. The molecule has 0 unspecified atom stereocenters. The monoisotopic (exact) mass is 354 g/mol. The van der Waals surface area contributed by atoms with Crippen molar-refractivity contribution in [2.24, 2.45) is 0 Å². The summed E-state index contributed by atoms with van der Waals surface area (Å²) >= 11 is 3.39. The van der Waals surface area contributed by atoms with Crippen molar-refractivity contribution in [3.8, 4) is 17.2 Å². The molecule has 0 spiro atoms. The van der Waals surface area contributed by atoms with Crippen LogP contribution >= 0.6 is 15.9 Å². The summed E-state index contributed by atoms with van der Waals surface area (Å²) in [5, 5.41) is 0.713. The van der Waals surface area contributed by atoms with Crippen LogP contribution in [0.15, 0.2) is 36.4 Å². The summed E-state index contributed by atoms with van der Waals surface area (Å²) in [6.07, 6.45) is 0. The highest BCUT2D eigenvalue weighted by atomic mass is 79.9. The molecule has 0 saturated carbocycles. The van der Waals surface area contributed by atoms with Crippen molar-refractivity contribution >= 4 is 15.9 Å². The Hall–Kier alpha value is -1.75. The van der Waals surface area contributed by atoms with Gasteiger partial charge in [0.25, 0.3) is 0 Å². The highest BCUT2D eigenvalue weighted by Crippen LogP contribution is 2.30. The van der Waals surface area contributed by atoms with Crippen molar-refractivity contribution < 1.29 is 18.6 Å². The van der Waals surface area contributed by atoms with E-state index in [2.05, 4.69) is 15.9 Å². The zero-order valence-electron chi connectivity index (χ0n) is 11.9. The molecule has 0 aliphatic rings. The van der Waals surface area contributed by atoms with Gasteiger partial charge < -0.3 is 14.2 Å². The average Bonchev–Trinajstić information content (AvgIpc) is 2.53. The zero-order chi connectivity index (χ0) is 15.2. The molecule has 5 heteroatoms. The first-order valence-corrected chi connectivity index (χ1v) is 7.48. The van der Waals surface area contributed by atoms with Gasteiger partial charge in [-0.2, -0.15) is 0 Å². The van der Waals surface area contributed by atoms with Crippen molar-refractivity contribution in [1.29, 1.82) is 0 Å². The van der Waals surface area contributed by atoms with Crippen LogP contribution in [0.2, 0.25) is 0 Å². The van der Waals surface area contributed by atoms with Crippen LogP contribution in [0.1, 0.15) is 11.1 Å². The third-order valence-corrected chi connectivity index (χ3v) is 3.67. The predicted molar refractivity (Wildman–Crippen MR) is 82.9 cm³/mol. The first kappa shape index (κ1) is 15.6. The van der Waals surface area contributed by atoms with E-state index in [-0.39, 0.29) is 12.4 Å². The minimum Gasteiger partial charge on any atom is -0.497 e. The van der Waals surface area contributed by atoms with Crippen LogP contribution in [-0.2, 0) is 11.9 Å². The summed E-state index contributed by atoms with van der Waals surface area (Å²) in [6.45, 7) is 0.123. The lowest BCUT2D eigenvalue weighted by atomic mass is 10.2. The number of benzene rings is 2. The van der Waals surface area contributed by atoms with Crippen molar-refractivity contribution in [2.75, 3.05) is 14.2 Å². The molecule has 0 N–H and O–H groups in total. The fourth-order valence-electron chi connectivity index (χ4n) is 1.84. The summed E-state index contributed by atoms with van der Waals surface area (Å²) in [4.78, 5) is 0. The van der Waals surface area contributed by atoms with Gasteiger partial charge in [0.1, 0.15) is 18.2 Å². The van der Waals surface area contributed by atoms with Crippen LogP contribution in [-0.4, -0.2) is 14.2 Å². The number of ether oxygens (including phenoxy) is 3. The molecular formula is C16H16BrFO3. The second-order valence-electron chi connectivity index (χ2n) is 4.36. The number of alkyl halides is 1. The van der Waals surface area contributed by atoms with Crippen molar-refractivity contribution in [2.45, 2.75) is 11.9 Å². The largest absolute Gasteiger partial charge is 0.497 e. The third kappa shape index (κ3) is 3.88. The van der Waals surface area contributed by atoms with E-state index in [1.54, 1.807) is 19.2 Å². The van der Waals surface area contributed by atoms with E-state index in [1.165, 1.54) is 13.2 Å². The Bertz CT molecular complexity index is 616. The van der Waals surface area contributed by atoms with Gasteiger partial charge in [0.05, 0.1) is 14.2 Å². The van der Waals surface area contributed by atoms with Crippen LogP contribution in [0.25, 0.3) is 0 Å². The van der Waals surface area contributed by atoms with Gasteiger partial charge in [0, 0.05) is 17.0 Å². The molecule has 2 aromatic carbocycles. The smallest absolute Gasteiger partial charge is 0.161 e. The Morgan fingerprint density at radius 2 is 1.81 bits per heavy atom. The van der Waals surface area contributed by atoms with Crippen LogP contribution < -0.4 is 14.2 Å². The summed E-state index contributed by atoms with van der Waals surface area (Å²) in [5.41, 5.74) is 1.52. The molecule has 0 aromatic heterocycles. The van der Waals surface area contributed by atoms with Crippen LogP contribution in [0.3, 0.4) is 0 Å². The number of methoxy groups -OCH3 is 2. The predicted octanol–water partition coefficient (Wildman–Crippen LogP) is 4.32. The van der Waals surface area contributed by atoms with Gasteiger partial charge in [-0.3, -0.25) is 0 Å². The molecule has 2 rings (SSSR count). The van der Waals surface area contributed by atoms with Crippen LogP contribution in [0, 0.1) is 5.82 Å². The second kappa shape index (κ2) is 7.31. The van der Waals surface area contributed by atoms with Gasteiger partial charge in [-0.05, 0) is 29.8 Å². The highest BCUT2D eigenvalue weighted by Gasteiger charge is 2.09. The lowest BCUT2D eigenvalue weighted by Crippen LogP contribution is -2.01. The minimum absolute atomic E-state index is 0.123.